The van der Waals surface area contributed by atoms with Crippen molar-refractivity contribution in [3.63, 3.8) is 0 Å². The third kappa shape index (κ3) is 7.92. The van der Waals surface area contributed by atoms with Crippen molar-refractivity contribution in [1.82, 2.24) is 25.5 Å². The molecule has 1 saturated heterocycles. The number of nitrogens with one attached hydrogen (secondary N) is 3. The summed E-state index contributed by atoms with van der Waals surface area (Å²) in [6, 6.07) is 11.3. The molecule has 0 saturated carbocycles. The number of H-pyrrole nitrogens is 1. The molecular formula is C29H34N6O6. The minimum Gasteiger partial charge on any atom is -0.508 e. The third-order valence-corrected chi connectivity index (χ3v) is 7.06. The van der Waals surface area contributed by atoms with E-state index in [0.717, 1.165) is 11.1 Å². The first-order chi connectivity index (χ1) is 19.7. The van der Waals surface area contributed by atoms with Gasteiger partial charge in [-0.2, -0.15) is 0 Å². The maximum Gasteiger partial charge on any atom is 0.326 e. The molecule has 1 aliphatic heterocycles. The molecule has 3 aromatic rings. The van der Waals surface area contributed by atoms with Crippen LogP contribution in [-0.4, -0.2) is 79.5 Å². The number of rotatable bonds is 12. The van der Waals surface area contributed by atoms with Gasteiger partial charge in [-0.1, -0.05) is 42.5 Å². The lowest BCUT2D eigenvalue weighted by atomic mass is 10.0. The fourth-order valence-corrected chi connectivity index (χ4v) is 4.89. The number of carbonyl (C=O) groups excluding carboxylic acids is 3. The second-order valence-corrected chi connectivity index (χ2v) is 10.1. The minimum absolute atomic E-state index is 0.0553. The Labute approximate surface area is 237 Å². The number of nitrogens with zero attached hydrogens (tertiary/aromatic N) is 2. The summed E-state index contributed by atoms with van der Waals surface area (Å²) in [6.45, 7) is 0.265. The molecule has 4 atom stereocenters. The van der Waals surface area contributed by atoms with Crippen molar-refractivity contribution in [3.8, 4) is 5.75 Å². The van der Waals surface area contributed by atoms with Crippen LogP contribution in [0.1, 0.15) is 29.7 Å². The van der Waals surface area contributed by atoms with E-state index in [4.69, 9.17) is 5.73 Å². The molecule has 2 heterocycles. The quantitative estimate of drug-likeness (QED) is 0.184. The Morgan fingerprint density at radius 3 is 2.29 bits per heavy atom. The lowest BCUT2D eigenvalue weighted by Gasteiger charge is -2.29. The minimum atomic E-state index is -1.10. The van der Waals surface area contributed by atoms with Crippen LogP contribution in [0, 0.1) is 0 Å². The van der Waals surface area contributed by atoms with Crippen LogP contribution in [0.3, 0.4) is 0 Å². The van der Waals surface area contributed by atoms with Gasteiger partial charge >= 0.3 is 5.97 Å². The molecule has 7 N–H and O–H groups in total. The van der Waals surface area contributed by atoms with Gasteiger partial charge < -0.3 is 36.5 Å². The van der Waals surface area contributed by atoms with Gasteiger partial charge in [-0.15, -0.1) is 0 Å². The number of phenols is 1. The Kier molecular flexibility index (Phi) is 9.69. The highest BCUT2D eigenvalue weighted by Crippen LogP contribution is 2.20. The van der Waals surface area contributed by atoms with E-state index in [1.807, 2.05) is 30.3 Å². The number of carboxylic acids is 1. The Morgan fingerprint density at radius 1 is 0.951 bits per heavy atom. The number of benzene rings is 2. The summed E-state index contributed by atoms with van der Waals surface area (Å²) in [7, 11) is 0. The summed E-state index contributed by atoms with van der Waals surface area (Å²) in [5, 5.41) is 24.6. The van der Waals surface area contributed by atoms with Gasteiger partial charge in [-0.25, -0.2) is 9.78 Å². The summed E-state index contributed by atoms with van der Waals surface area (Å²) in [5.74, 6) is -2.70. The van der Waals surface area contributed by atoms with Crippen molar-refractivity contribution >= 4 is 23.7 Å². The fourth-order valence-electron chi connectivity index (χ4n) is 4.89. The topological polar surface area (TPSA) is 191 Å². The van der Waals surface area contributed by atoms with E-state index in [1.54, 1.807) is 12.1 Å². The Bertz CT molecular complexity index is 1330. The summed E-state index contributed by atoms with van der Waals surface area (Å²) in [6.07, 6.45) is 4.21. The summed E-state index contributed by atoms with van der Waals surface area (Å²) >= 11 is 0. The van der Waals surface area contributed by atoms with Crippen LogP contribution in [0.2, 0.25) is 0 Å². The second kappa shape index (κ2) is 13.6. The molecule has 0 aliphatic carbocycles. The molecule has 2 aromatic carbocycles. The average Bonchev–Trinajstić information content (AvgIpc) is 3.66. The molecule has 1 aliphatic rings. The van der Waals surface area contributed by atoms with Gasteiger partial charge in [0.25, 0.3) is 0 Å². The van der Waals surface area contributed by atoms with Gasteiger partial charge in [-0.05, 0) is 42.5 Å². The fraction of sp³-hybridized carbons (Fsp3) is 0.345. The van der Waals surface area contributed by atoms with E-state index in [1.165, 1.54) is 29.6 Å². The number of hydrogen-bond acceptors (Lipinski definition) is 7. The van der Waals surface area contributed by atoms with E-state index >= 15 is 0 Å². The maximum absolute atomic E-state index is 13.7. The number of carbonyl (C=O) groups is 4. The zero-order valence-corrected chi connectivity index (χ0v) is 22.4. The standard InChI is InChI=1S/C29H34N6O6/c30-22(13-19-8-10-21(36)11-9-19)26(37)33-23(14-18-5-2-1-3-6-18)27(38)34-24(15-20-16-31-17-32-20)28(39)35-12-4-7-25(35)29(40)41/h1-3,5-6,8-11,16-17,22-25,36H,4,7,12-15,30H2,(H,31,32)(H,33,37)(H,34,38)(H,40,41). The van der Waals surface area contributed by atoms with Crippen LogP contribution >= 0.6 is 0 Å². The molecule has 41 heavy (non-hydrogen) atoms. The molecule has 1 aromatic heterocycles. The highest BCUT2D eigenvalue weighted by atomic mass is 16.4. The second-order valence-electron chi connectivity index (χ2n) is 10.1. The van der Waals surface area contributed by atoms with Gasteiger partial charge in [0.15, 0.2) is 0 Å². The highest BCUT2D eigenvalue weighted by molar-refractivity contribution is 5.94. The molecule has 12 nitrogen and oxygen atoms in total. The molecule has 3 amide bonds. The van der Waals surface area contributed by atoms with E-state index in [-0.39, 0.29) is 31.6 Å². The number of hydrogen-bond donors (Lipinski definition) is 6. The molecular weight excluding hydrogens is 528 g/mol. The number of aromatic nitrogens is 2. The van der Waals surface area contributed by atoms with Gasteiger partial charge in [0, 0.05) is 31.3 Å². The number of carboxylic acid groups (broad SMARTS) is 1. The molecule has 216 valence electrons. The molecule has 4 rings (SSSR count). The predicted molar refractivity (Wildman–Crippen MR) is 148 cm³/mol. The average molecular weight is 563 g/mol. The first-order valence-corrected chi connectivity index (χ1v) is 13.4. The van der Waals surface area contributed by atoms with E-state index in [9.17, 15) is 29.4 Å². The van der Waals surface area contributed by atoms with Gasteiger partial charge in [0.1, 0.15) is 23.9 Å². The van der Waals surface area contributed by atoms with Gasteiger partial charge in [0.2, 0.25) is 17.7 Å². The molecule has 0 bridgehead atoms. The van der Waals surface area contributed by atoms with Crippen molar-refractivity contribution in [1.29, 1.82) is 0 Å². The van der Waals surface area contributed by atoms with Crippen LogP contribution in [0.25, 0.3) is 0 Å². The van der Waals surface area contributed by atoms with E-state index in [0.29, 0.717) is 18.5 Å². The van der Waals surface area contributed by atoms with Crippen LogP contribution in [0.15, 0.2) is 67.1 Å². The van der Waals surface area contributed by atoms with Crippen molar-refractivity contribution in [3.05, 3.63) is 83.9 Å². The normalized spacial score (nSPS) is 16.9. The molecule has 1 fully saturated rings. The van der Waals surface area contributed by atoms with Crippen molar-refractivity contribution in [2.75, 3.05) is 6.54 Å². The number of phenolic OH excluding ortho intramolecular Hbond substituents is 1. The first-order valence-electron chi connectivity index (χ1n) is 13.4. The predicted octanol–water partition coefficient (Wildman–Crippen LogP) is 0.516. The van der Waals surface area contributed by atoms with Gasteiger partial charge in [0.05, 0.1) is 12.4 Å². The number of aromatic amines is 1. The molecule has 0 radical (unpaired) electrons. The summed E-state index contributed by atoms with van der Waals surface area (Å²) in [4.78, 5) is 60.2. The summed E-state index contributed by atoms with van der Waals surface area (Å²) in [5.41, 5.74) is 8.25. The van der Waals surface area contributed by atoms with Crippen molar-refractivity contribution < 1.29 is 29.4 Å². The number of nitrogens with two attached hydrogens (primary N) is 1. The van der Waals surface area contributed by atoms with E-state index in [2.05, 4.69) is 20.6 Å². The van der Waals surface area contributed by atoms with Crippen LogP contribution in [0.4, 0.5) is 0 Å². The Morgan fingerprint density at radius 2 is 1.63 bits per heavy atom. The summed E-state index contributed by atoms with van der Waals surface area (Å²) < 4.78 is 0. The van der Waals surface area contributed by atoms with E-state index < -0.39 is 47.9 Å². The zero-order valence-electron chi connectivity index (χ0n) is 22.4. The zero-order chi connectivity index (χ0) is 29.4. The van der Waals surface area contributed by atoms with Crippen LogP contribution in [0.5, 0.6) is 5.75 Å². The lowest BCUT2D eigenvalue weighted by Crippen LogP contribution is -2.58. The number of imidazole rings is 1. The Balaban J connectivity index is 1.52. The number of aromatic hydroxyl groups is 1. The molecule has 12 heteroatoms. The number of likely N-dealkylation sites (tertiary alicyclic amines) is 1. The SMILES string of the molecule is NC(Cc1ccc(O)cc1)C(=O)NC(Cc1ccccc1)C(=O)NC(Cc1cnc[nH]1)C(=O)N1CCCC1C(=O)O. The lowest BCUT2D eigenvalue weighted by molar-refractivity contribution is -0.149. The smallest absolute Gasteiger partial charge is 0.326 e. The molecule has 0 spiro atoms. The van der Waals surface area contributed by atoms with Crippen molar-refractivity contribution in [2.24, 2.45) is 5.73 Å². The van der Waals surface area contributed by atoms with Gasteiger partial charge in [-0.3, -0.25) is 14.4 Å². The largest absolute Gasteiger partial charge is 0.508 e. The van der Waals surface area contributed by atoms with Crippen LogP contribution < -0.4 is 16.4 Å². The molecule has 4 unspecified atom stereocenters. The van der Waals surface area contributed by atoms with Crippen molar-refractivity contribution in [2.45, 2.75) is 56.3 Å². The third-order valence-electron chi connectivity index (χ3n) is 7.06. The number of aliphatic carboxylic acids is 1. The van der Waals surface area contributed by atoms with Crippen LogP contribution in [-0.2, 0) is 38.4 Å². The Hall–Kier alpha value is -4.71. The maximum atomic E-state index is 13.7. The number of amides is 3. The monoisotopic (exact) mass is 562 g/mol. The highest BCUT2D eigenvalue weighted by Gasteiger charge is 2.38. The first kappa shape index (κ1) is 29.3.